The fourth-order valence-electron chi connectivity index (χ4n) is 1.53. The number of rotatable bonds is 4. The van der Waals surface area contributed by atoms with Crippen LogP contribution in [0.2, 0.25) is 5.02 Å². The topological polar surface area (TPSA) is 46.5 Å². The molecule has 0 spiro atoms. The highest BCUT2D eigenvalue weighted by molar-refractivity contribution is 6.30. The first-order chi connectivity index (χ1) is 8.66. The number of para-hydroxylation sites is 1. The molecule has 18 heavy (non-hydrogen) atoms. The summed E-state index contributed by atoms with van der Waals surface area (Å²) in [6, 6.07) is 15.4. The summed E-state index contributed by atoms with van der Waals surface area (Å²) in [4.78, 5) is 11.2. The summed E-state index contributed by atoms with van der Waals surface area (Å²) in [5, 5.41) is 9.76. The molecule has 4 heteroatoms. The first kappa shape index (κ1) is 12.5. The third-order valence-corrected chi connectivity index (χ3v) is 2.65. The molecular formula is C14H11ClO3. The van der Waals surface area contributed by atoms with Crippen molar-refractivity contribution >= 4 is 17.6 Å². The van der Waals surface area contributed by atoms with Gasteiger partial charge >= 0.3 is 5.97 Å². The molecule has 0 radical (unpaired) electrons. The maximum atomic E-state index is 11.2. The van der Waals surface area contributed by atoms with Gasteiger partial charge in [-0.15, -0.1) is 0 Å². The van der Waals surface area contributed by atoms with E-state index in [1.165, 1.54) is 0 Å². The lowest BCUT2D eigenvalue weighted by Gasteiger charge is -2.15. The predicted octanol–water partition coefficient (Wildman–Crippen LogP) is 3.54. The molecule has 0 aromatic heterocycles. The van der Waals surface area contributed by atoms with Gasteiger partial charge in [0.15, 0.2) is 0 Å². The molecule has 0 aliphatic rings. The van der Waals surface area contributed by atoms with Gasteiger partial charge in [-0.05, 0) is 24.3 Å². The lowest BCUT2D eigenvalue weighted by atomic mass is 10.1. The van der Waals surface area contributed by atoms with Gasteiger partial charge in [-0.3, -0.25) is 0 Å². The van der Waals surface area contributed by atoms with Gasteiger partial charge in [-0.1, -0.05) is 41.9 Å². The third kappa shape index (κ3) is 3.02. The van der Waals surface area contributed by atoms with E-state index in [0.717, 1.165) is 0 Å². The first-order valence-electron chi connectivity index (χ1n) is 5.37. The smallest absolute Gasteiger partial charge is 0.349 e. The SMILES string of the molecule is O=C(O)C(Oc1ccccc1)c1ccc(Cl)cc1. The van der Waals surface area contributed by atoms with Crippen LogP contribution in [-0.2, 0) is 4.79 Å². The van der Waals surface area contributed by atoms with E-state index in [1.54, 1.807) is 48.5 Å². The largest absolute Gasteiger partial charge is 0.478 e. The number of halogens is 1. The average molecular weight is 263 g/mol. The van der Waals surface area contributed by atoms with E-state index < -0.39 is 12.1 Å². The second-order valence-corrected chi connectivity index (χ2v) is 4.14. The van der Waals surface area contributed by atoms with Crippen LogP contribution in [0, 0.1) is 0 Å². The minimum Gasteiger partial charge on any atom is -0.478 e. The maximum absolute atomic E-state index is 11.2. The summed E-state index contributed by atoms with van der Waals surface area (Å²) in [6.07, 6.45) is -1.04. The molecule has 1 unspecified atom stereocenters. The van der Waals surface area contributed by atoms with Crippen LogP contribution < -0.4 is 4.74 Å². The van der Waals surface area contributed by atoms with E-state index in [9.17, 15) is 9.90 Å². The van der Waals surface area contributed by atoms with E-state index in [1.807, 2.05) is 6.07 Å². The molecule has 0 aliphatic heterocycles. The molecule has 2 aromatic rings. The Morgan fingerprint density at radius 1 is 1.06 bits per heavy atom. The van der Waals surface area contributed by atoms with Gasteiger partial charge in [-0.2, -0.15) is 0 Å². The highest BCUT2D eigenvalue weighted by Gasteiger charge is 2.21. The lowest BCUT2D eigenvalue weighted by molar-refractivity contribution is -0.145. The quantitative estimate of drug-likeness (QED) is 0.917. The summed E-state index contributed by atoms with van der Waals surface area (Å²) < 4.78 is 5.46. The van der Waals surface area contributed by atoms with E-state index >= 15 is 0 Å². The zero-order chi connectivity index (χ0) is 13.0. The molecule has 0 amide bonds. The molecular weight excluding hydrogens is 252 g/mol. The van der Waals surface area contributed by atoms with Crippen molar-refractivity contribution in [3.63, 3.8) is 0 Å². The Bertz CT molecular complexity index is 522. The van der Waals surface area contributed by atoms with Gasteiger partial charge in [0.2, 0.25) is 6.10 Å². The minimum absolute atomic E-state index is 0.514. The van der Waals surface area contributed by atoms with Crippen LogP contribution in [0.25, 0.3) is 0 Å². The molecule has 0 bridgehead atoms. The Morgan fingerprint density at radius 2 is 1.67 bits per heavy atom. The number of carboxylic acids is 1. The summed E-state index contributed by atoms with van der Waals surface area (Å²) in [7, 11) is 0. The molecule has 2 aromatic carbocycles. The van der Waals surface area contributed by atoms with Gasteiger partial charge in [0, 0.05) is 10.6 Å². The van der Waals surface area contributed by atoms with Crippen LogP contribution in [0.1, 0.15) is 11.7 Å². The van der Waals surface area contributed by atoms with Gasteiger partial charge < -0.3 is 9.84 Å². The zero-order valence-electron chi connectivity index (χ0n) is 9.42. The van der Waals surface area contributed by atoms with Crippen LogP contribution >= 0.6 is 11.6 Å². The van der Waals surface area contributed by atoms with Crippen molar-refractivity contribution in [3.8, 4) is 5.75 Å². The lowest BCUT2D eigenvalue weighted by Crippen LogP contribution is -2.18. The molecule has 92 valence electrons. The van der Waals surface area contributed by atoms with Crippen LogP contribution in [0.15, 0.2) is 54.6 Å². The number of benzene rings is 2. The number of carbonyl (C=O) groups is 1. The maximum Gasteiger partial charge on any atom is 0.349 e. The van der Waals surface area contributed by atoms with Gasteiger partial charge in [-0.25, -0.2) is 4.79 Å². The fourth-order valence-corrected chi connectivity index (χ4v) is 1.66. The van der Waals surface area contributed by atoms with Crippen molar-refractivity contribution in [1.29, 1.82) is 0 Å². The van der Waals surface area contributed by atoms with Crippen LogP contribution in [0.3, 0.4) is 0 Å². The molecule has 0 aliphatic carbocycles. The molecule has 1 atom stereocenters. The summed E-state index contributed by atoms with van der Waals surface area (Å²) in [5.41, 5.74) is 0.552. The Balaban J connectivity index is 2.24. The van der Waals surface area contributed by atoms with E-state index in [4.69, 9.17) is 16.3 Å². The summed E-state index contributed by atoms with van der Waals surface area (Å²) >= 11 is 5.77. The normalized spacial score (nSPS) is 11.8. The minimum atomic E-state index is -1.04. The van der Waals surface area contributed by atoms with Crippen molar-refractivity contribution < 1.29 is 14.6 Å². The molecule has 2 rings (SSSR count). The van der Waals surface area contributed by atoms with Crippen LogP contribution in [-0.4, -0.2) is 11.1 Å². The second kappa shape index (κ2) is 5.56. The third-order valence-electron chi connectivity index (χ3n) is 2.39. The fraction of sp³-hybridized carbons (Fsp3) is 0.0714. The Labute approximate surface area is 110 Å². The van der Waals surface area contributed by atoms with Gasteiger partial charge in [0.25, 0.3) is 0 Å². The average Bonchev–Trinajstić information content (AvgIpc) is 2.38. The van der Waals surface area contributed by atoms with Crippen molar-refractivity contribution in [2.45, 2.75) is 6.10 Å². The van der Waals surface area contributed by atoms with Crippen LogP contribution in [0.4, 0.5) is 0 Å². The molecule has 1 N–H and O–H groups in total. The first-order valence-corrected chi connectivity index (χ1v) is 5.74. The van der Waals surface area contributed by atoms with Crippen molar-refractivity contribution in [3.05, 3.63) is 65.2 Å². The van der Waals surface area contributed by atoms with Crippen molar-refractivity contribution in [2.75, 3.05) is 0 Å². The molecule has 0 heterocycles. The monoisotopic (exact) mass is 262 g/mol. The van der Waals surface area contributed by atoms with E-state index in [2.05, 4.69) is 0 Å². The second-order valence-electron chi connectivity index (χ2n) is 3.70. The number of aliphatic carboxylic acids is 1. The van der Waals surface area contributed by atoms with Crippen LogP contribution in [0.5, 0.6) is 5.75 Å². The highest BCUT2D eigenvalue weighted by Crippen LogP contribution is 2.23. The van der Waals surface area contributed by atoms with Crippen molar-refractivity contribution in [1.82, 2.24) is 0 Å². The number of carboxylic acid groups (broad SMARTS) is 1. The number of hydrogen-bond donors (Lipinski definition) is 1. The van der Waals surface area contributed by atoms with Gasteiger partial charge in [0.05, 0.1) is 0 Å². The highest BCUT2D eigenvalue weighted by atomic mass is 35.5. The Morgan fingerprint density at radius 3 is 2.22 bits per heavy atom. The molecule has 3 nitrogen and oxygen atoms in total. The molecule has 0 fully saturated rings. The standard InChI is InChI=1S/C14H11ClO3/c15-11-8-6-10(7-9-11)13(14(16)17)18-12-4-2-1-3-5-12/h1-9,13H,(H,16,17). The molecule has 0 saturated carbocycles. The number of ether oxygens (including phenoxy) is 1. The van der Waals surface area contributed by atoms with Crippen molar-refractivity contribution in [2.24, 2.45) is 0 Å². The van der Waals surface area contributed by atoms with Gasteiger partial charge in [0.1, 0.15) is 5.75 Å². The molecule has 0 saturated heterocycles. The summed E-state index contributed by atoms with van der Waals surface area (Å²) in [6.45, 7) is 0. The predicted molar refractivity (Wildman–Crippen MR) is 68.9 cm³/mol. The number of hydrogen-bond acceptors (Lipinski definition) is 2. The van der Waals surface area contributed by atoms with E-state index in [-0.39, 0.29) is 0 Å². The van der Waals surface area contributed by atoms with E-state index in [0.29, 0.717) is 16.3 Å². The Kier molecular flexibility index (Phi) is 3.85. The zero-order valence-corrected chi connectivity index (χ0v) is 10.2. The summed E-state index contributed by atoms with van der Waals surface area (Å²) in [5.74, 6) is -0.527. The Hall–Kier alpha value is -2.00.